The molecule has 0 saturated heterocycles. The quantitative estimate of drug-likeness (QED) is 0.520. The third-order valence-corrected chi connectivity index (χ3v) is 4.11. The van der Waals surface area contributed by atoms with Gasteiger partial charge in [0.2, 0.25) is 0 Å². The van der Waals surface area contributed by atoms with Crippen LogP contribution in [0.15, 0.2) is 40.8 Å². The van der Waals surface area contributed by atoms with Crippen molar-refractivity contribution in [3.8, 4) is 0 Å². The Morgan fingerprint density at radius 1 is 1.23 bits per heavy atom. The van der Waals surface area contributed by atoms with Gasteiger partial charge in [-0.1, -0.05) is 45.0 Å². The van der Waals surface area contributed by atoms with Gasteiger partial charge in [-0.05, 0) is 28.0 Å². The number of benzene rings is 1. The molecule has 0 aliphatic heterocycles. The summed E-state index contributed by atoms with van der Waals surface area (Å²) >= 11 is 1.32. The second kappa shape index (κ2) is 6.75. The first-order chi connectivity index (χ1) is 10.4. The Labute approximate surface area is 134 Å². The van der Waals surface area contributed by atoms with Crippen molar-refractivity contribution >= 4 is 29.2 Å². The van der Waals surface area contributed by atoms with Crippen LogP contribution in [0.5, 0.6) is 0 Å². The van der Waals surface area contributed by atoms with Crippen molar-refractivity contribution in [1.82, 2.24) is 0 Å². The fourth-order valence-electron chi connectivity index (χ4n) is 1.89. The third kappa shape index (κ3) is 3.95. The van der Waals surface area contributed by atoms with E-state index in [4.69, 9.17) is 4.74 Å². The molecule has 0 radical (unpaired) electrons. The fraction of sp³-hybridized carbons (Fsp3) is 0.294. The van der Waals surface area contributed by atoms with Crippen LogP contribution in [0.25, 0.3) is 0 Å². The van der Waals surface area contributed by atoms with Gasteiger partial charge in [0.15, 0.2) is 0 Å². The van der Waals surface area contributed by atoms with Crippen molar-refractivity contribution in [2.24, 2.45) is 5.10 Å². The number of carbonyl (C=O) groups excluding carboxylic acids is 1. The average molecular weight is 316 g/mol. The van der Waals surface area contributed by atoms with Crippen LogP contribution >= 0.6 is 11.3 Å². The Kier molecular flexibility index (Phi) is 4.98. The molecule has 0 unspecified atom stereocenters. The lowest BCUT2D eigenvalue weighted by Gasteiger charge is -2.18. The molecule has 1 heterocycles. The zero-order chi connectivity index (χ0) is 16.2. The lowest BCUT2D eigenvalue weighted by atomic mass is 9.87. The molecule has 0 aliphatic rings. The highest BCUT2D eigenvalue weighted by Gasteiger charge is 2.13. The highest BCUT2D eigenvalue weighted by atomic mass is 32.1. The van der Waals surface area contributed by atoms with Crippen LogP contribution in [-0.2, 0) is 10.2 Å². The molecular formula is C17H20N2O2S. The molecule has 0 bridgehead atoms. The summed E-state index contributed by atoms with van der Waals surface area (Å²) in [4.78, 5) is 12.1. The molecule has 1 N–H and O–H groups in total. The van der Waals surface area contributed by atoms with Crippen LogP contribution in [0, 0.1) is 0 Å². The van der Waals surface area contributed by atoms with Gasteiger partial charge < -0.3 is 4.74 Å². The van der Waals surface area contributed by atoms with Gasteiger partial charge in [0.25, 0.3) is 0 Å². The molecule has 0 saturated carbocycles. The first kappa shape index (κ1) is 16.2. The number of carbonyl (C=O) groups is 1. The molecule has 5 heteroatoms. The van der Waals surface area contributed by atoms with Crippen molar-refractivity contribution in [3.05, 3.63) is 51.7 Å². The van der Waals surface area contributed by atoms with Crippen LogP contribution in [-0.4, -0.2) is 19.3 Å². The molecule has 0 atom stereocenters. The average Bonchev–Trinajstić information content (AvgIpc) is 2.94. The molecule has 2 rings (SSSR count). The standard InChI is InChI=1S/C17H20N2O2S/c1-17(2,3)13-7-5-12(6-8-13)11-18-19-14-9-10-22-15(14)16(20)21-4/h5-11,19H,1-4H3/b18-11+. The number of anilines is 1. The maximum absolute atomic E-state index is 11.6. The summed E-state index contributed by atoms with van der Waals surface area (Å²) in [5.74, 6) is -0.359. The number of esters is 1. The Bertz CT molecular complexity index is 667. The van der Waals surface area contributed by atoms with Crippen LogP contribution in [0.2, 0.25) is 0 Å². The maximum atomic E-state index is 11.6. The number of ether oxygens (including phenoxy) is 1. The number of methoxy groups -OCH3 is 1. The Morgan fingerprint density at radius 3 is 2.50 bits per heavy atom. The predicted molar refractivity (Wildman–Crippen MR) is 92.0 cm³/mol. The van der Waals surface area contributed by atoms with E-state index in [9.17, 15) is 4.79 Å². The summed E-state index contributed by atoms with van der Waals surface area (Å²) in [6, 6.07) is 10.1. The largest absolute Gasteiger partial charge is 0.465 e. The lowest BCUT2D eigenvalue weighted by molar-refractivity contribution is 0.0607. The smallest absolute Gasteiger partial charge is 0.350 e. The van der Waals surface area contributed by atoms with Gasteiger partial charge in [-0.3, -0.25) is 5.43 Å². The van der Waals surface area contributed by atoms with Crippen molar-refractivity contribution < 1.29 is 9.53 Å². The zero-order valence-electron chi connectivity index (χ0n) is 13.2. The van der Waals surface area contributed by atoms with Gasteiger partial charge in [-0.25, -0.2) is 4.79 Å². The number of hydrogen-bond donors (Lipinski definition) is 1. The van der Waals surface area contributed by atoms with E-state index in [-0.39, 0.29) is 11.4 Å². The normalized spacial score (nSPS) is 11.6. The highest BCUT2D eigenvalue weighted by molar-refractivity contribution is 7.12. The van der Waals surface area contributed by atoms with E-state index < -0.39 is 0 Å². The summed E-state index contributed by atoms with van der Waals surface area (Å²) < 4.78 is 4.72. The summed E-state index contributed by atoms with van der Waals surface area (Å²) in [6.07, 6.45) is 1.73. The van der Waals surface area contributed by atoms with Gasteiger partial charge in [-0.2, -0.15) is 5.10 Å². The summed E-state index contributed by atoms with van der Waals surface area (Å²) in [5, 5.41) is 6.00. The molecule has 0 aliphatic carbocycles. The van der Waals surface area contributed by atoms with Crippen molar-refractivity contribution in [2.75, 3.05) is 12.5 Å². The van der Waals surface area contributed by atoms with E-state index in [2.05, 4.69) is 43.4 Å². The van der Waals surface area contributed by atoms with E-state index >= 15 is 0 Å². The number of hydrazone groups is 1. The van der Waals surface area contributed by atoms with Gasteiger partial charge in [0.05, 0.1) is 19.0 Å². The number of thiophene rings is 1. The number of rotatable bonds is 4. The summed E-state index contributed by atoms with van der Waals surface area (Å²) in [7, 11) is 1.37. The molecule has 1 aromatic heterocycles. The first-order valence-electron chi connectivity index (χ1n) is 6.97. The molecule has 22 heavy (non-hydrogen) atoms. The van der Waals surface area contributed by atoms with Crippen LogP contribution in [0.1, 0.15) is 41.6 Å². The minimum Gasteiger partial charge on any atom is -0.465 e. The number of nitrogens with zero attached hydrogens (tertiary/aromatic N) is 1. The molecule has 0 amide bonds. The van der Waals surface area contributed by atoms with Gasteiger partial charge in [0.1, 0.15) is 4.88 Å². The van der Waals surface area contributed by atoms with E-state index in [1.807, 2.05) is 17.5 Å². The highest BCUT2D eigenvalue weighted by Crippen LogP contribution is 2.23. The van der Waals surface area contributed by atoms with Crippen molar-refractivity contribution in [3.63, 3.8) is 0 Å². The van der Waals surface area contributed by atoms with E-state index in [0.717, 1.165) is 5.56 Å². The minimum atomic E-state index is -0.359. The molecule has 1 aromatic carbocycles. The first-order valence-corrected chi connectivity index (χ1v) is 7.85. The van der Waals surface area contributed by atoms with Crippen LogP contribution in [0.4, 0.5) is 5.69 Å². The molecule has 4 nitrogen and oxygen atoms in total. The van der Waals surface area contributed by atoms with E-state index in [1.165, 1.54) is 24.0 Å². The van der Waals surface area contributed by atoms with E-state index in [0.29, 0.717) is 10.6 Å². The lowest BCUT2D eigenvalue weighted by Crippen LogP contribution is -2.10. The minimum absolute atomic E-state index is 0.139. The van der Waals surface area contributed by atoms with Crippen molar-refractivity contribution in [1.29, 1.82) is 0 Å². The molecular weight excluding hydrogens is 296 g/mol. The Balaban J connectivity index is 2.04. The Hall–Kier alpha value is -2.14. The van der Waals surface area contributed by atoms with Gasteiger partial charge in [-0.15, -0.1) is 11.3 Å². The number of hydrogen-bond acceptors (Lipinski definition) is 5. The van der Waals surface area contributed by atoms with Gasteiger partial charge in [0, 0.05) is 0 Å². The molecule has 0 fully saturated rings. The predicted octanol–water partition coefficient (Wildman–Crippen LogP) is 4.28. The molecule has 0 spiro atoms. The zero-order valence-corrected chi connectivity index (χ0v) is 14.0. The number of nitrogens with one attached hydrogen (secondary N) is 1. The summed E-state index contributed by atoms with van der Waals surface area (Å²) in [5.41, 5.74) is 5.95. The topological polar surface area (TPSA) is 50.7 Å². The van der Waals surface area contributed by atoms with Gasteiger partial charge >= 0.3 is 5.97 Å². The van der Waals surface area contributed by atoms with Crippen LogP contribution < -0.4 is 5.43 Å². The molecule has 116 valence electrons. The van der Waals surface area contributed by atoms with Crippen LogP contribution in [0.3, 0.4) is 0 Å². The van der Waals surface area contributed by atoms with E-state index in [1.54, 1.807) is 12.3 Å². The summed E-state index contributed by atoms with van der Waals surface area (Å²) in [6.45, 7) is 6.55. The monoisotopic (exact) mass is 316 g/mol. The Morgan fingerprint density at radius 2 is 1.91 bits per heavy atom. The van der Waals surface area contributed by atoms with Crippen molar-refractivity contribution in [2.45, 2.75) is 26.2 Å². The maximum Gasteiger partial charge on any atom is 0.350 e. The second-order valence-electron chi connectivity index (χ2n) is 5.90. The third-order valence-electron chi connectivity index (χ3n) is 3.21. The fourth-order valence-corrected chi connectivity index (χ4v) is 2.65. The SMILES string of the molecule is COC(=O)c1sccc1N/N=C/c1ccc(C(C)(C)C)cc1. The second-order valence-corrected chi connectivity index (χ2v) is 6.81. The molecule has 2 aromatic rings.